The molecule has 2 aromatic heterocycles. The van der Waals surface area contributed by atoms with Gasteiger partial charge >= 0.3 is 0 Å². The average molecular weight is 256 g/mol. The first-order valence-electron chi connectivity index (χ1n) is 4.68. The summed E-state index contributed by atoms with van der Waals surface area (Å²) in [6.07, 6.45) is 1.64. The van der Waals surface area contributed by atoms with Gasteiger partial charge in [0.05, 0.1) is 17.3 Å². The minimum absolute atomic E-state index is 0.155. The molecule has 0 bridgehead atoms. The summed E-state index contributed by atoms with van der Waals surface area (Å²) in [7, 11) is 0. The highest BCUT2D eigenvalue weighted by molar-refractivity contribution is 7.13. The lowest BCUT2D eigenvalue weighted by Gasteiger charge is -2.01. The van der Waals surface area contributed by atoms with Crippen LogP contribution in [-0.4, -0.2) is 16.1 Å². The van der Waals surface area contributed by atoms with E-state index < -0.39 is 0 Å². The van der Waals surface area contributed by atoms with Gasteiger partial charge in [-0.2, -0.15) is 5.10 Å². The van der Waals surface area contributed by atoms with Crippen molar-refractivity contribution in [3.63, 3.8) is 0 Å². The van der Waals surface area contributed by atoms with Crippen molar-refractivity contribution < 1.29 is 4.79 Å². The first-order valence-corrected chi connectivity index (χ1v) is 5.94. The molecule has 0 saturated carbocycles. The molecule has 0 aliphatic carbocycles. The minimum Gasteiger partial charge on any atom is -0.346 e. The number of aryl methyl sites for hydroxylation is 1. The summed E-state index contributed by atoms with van der Waals surface area (Å²) in [5.74, 6) is -0.155. The molecular formula is C10H10ClN3OS. The summed E-state index contributed by atoms with van der Waals surface area (Å²) in [6.45, 7) is 2.30. The number of amides is 1. The molecule has 0 radical (unpaired) electrons. The maximum absolute atomic E-state index is 11.8. The number of aromatic amines is 1. The summed E-state index contributed by atoms with van der Waals surface area (Å²) in [6, 6.07) is 1.81. The number of H-pyrrole nitrogens is 1. The molecule has 2 heterocycles. The first kappa shape index (κ1) is 11.2. The quantitative estimate of drug-likeness (QED) is 0.885. The van der Waals surface area contributed by atoms with E-state index >= 15 is 0 Å². The number of hydrogen-bond acceptors (Lipinski definition) is 3. The van der Waals surface area contributed by atoms with Crippen molar-refractivity contribution in [1.82, 2.24) is 15.5 Å². The molecule has 0 aliphatic rings. The van der Waals surface area contributed by atoms with E-state index in [1.54, 1.807) is 6.20 Å². The molecule has 0 aliphatic heterocycles. The molecule has 0 aromatic carbocycles. The third-order valence-corrected chi connectivity index (χ3v) is 3.80. The molecular weight excluding hydrogens is 246 g/mol. The number of carbonyl (C=O) groups excluding carboxylic acids is 1. The lowest BCUT2D eigenvalue weighted by molar-refractivity contribution is 0.0954. The fourth-order valence-corrected chi connectivity index (χ4v) is 2.42. The Bertz CT molecular complexity index is 492. The average Bonchev–Trinajstić information content (AvgIpc) is 2.88. The highest BCUT2D eigenvalue weighted by atomic mass is 35.5. The Morgan fingerprint density at radius 2 is 2.50 bits per heavy atom. The van der Waals surface area contributed by atoms with E-state index in [1.165, 1.54) is 11.3 Å². The predicted octanol–water partition coefficient (Wildman–Crippen LogP) is 2.36. The Morgan fingerprint density at radius 3 is 3.06 bits per heavy atom. The molecule has 1 amide bonds. The van der Waals surface area contributed by atoms with Gasteiger partial charge < -0.3 is 5.32 Å². The van der Waals surface area contributed by atoms with Crippen molar-refractivity contribution in [3.8, 4) is 0 Å². The monoisotopic (exact) mass is 255 g/mol. The van der Waals surface area contributed by atoms with Gasteiger partial charge in [-0.3, -0.25) is 9.89 Å². The number of rotatable bonds is 3. The number of hydrogen-bond donors (Lipinski definition) is 2. The van der Waals surface area contributed by atoms with E-state index in [0.29, 0.717) is 16.4 Å². The van der Waals surface area contributed by atoms with Crippen LogP contribution in [0.25, 0.3) is 0 Å². The van der Waals surface area contributed by atoms with E-state index in [1.807, 2.05) is 18.4 Å². The van der Waals surface area contributed by atoms with E-state index in [0.717, 1.165) is 11.3 Å². The number of thiophene rings is 1. The SMILES string of the molecule is Cc1csc(C(=O)NCc2ccn[nH]2)c1Cl. The molecule has 16 heavy (non-hydrogen) atoms. The van der Waals surface area contributed by atoms with Gasteiger partial charge in [-0.05, 0) is 23.9 Å². The van der Waals surface area contributed by atoms with Crippen LogP contribution in [0.5, 0.6) is 0 Å². The van der Waals surface area contributed by atoms with Crippen molar-refractivity contribution >= 4 is 28.8 Å². The van der Waals surface area contributed by atoms with Crippen LogP contribution < -0.4 is 5.32 Å². The Kier molecular flexibility index (Phi) is 3.26. The third kappa shape index (κ3) is 2.25. The summed E-state index contributed by atoms with van der Waals surface area (Å²) in [5, 5.41) is 11.7. The number of nitrogens with zero attached hydrogens (tertiary/aromatic N) is 1. The molecule has 0 unspecified atom stereocenters. The van der Waals surface area contributed by atoms with Crippen LogP contribution in [0.3, 0.4) is 0 Å². The van der Waals surface area contributed by atoms with Gasteiger partial charge in [-0.15, -0.1) is 11.3 Å². The molecule has 2 aromatic rings. The van der Waals surface area contributed by atoms with Gasteiger partial charge in [0.15, 0.2) is 0 Å². The van der Waals surface area contributed by atoms with Crippen molar-refractivity contribution in [3.05, 3.63) is 38.8 Å². The summed E-state index contributed by atoms with van der Waals surface area (Å²) in [5.41, 5.74) is 1.79. The molecule has 0 atom stereocenters. The van der Waals surface area contributed by atoms with Gasteiger partial charge in [-0.25, -0.2) is 0 Å². The van der Waals surface area contributed by atoms with Gasteiger partial charge in [-0.1, -0.05) is 11.6 Å². The zero-order valence-electron chi connectivity index (χ0n) is 8.58. The van der Waals surface area contributed by atoms with E-state index in [9.17, 15) is 4.79 Å². The smallest absolute Gasteiger partial charge is 0.263 e. The van der Waals surface area contributed by atoms with Crippen LogP contribution in [0.15, 0.2) is 17.6 Å². The fraction of sp³-hybridized carbons (Fsp3) is 0.200. The second-order valence-corrected chi connectivity index (χ2v) is 4.58. The van der Waals surface area contributed by atoms with Crippen molar-refractivity contribution in [2.45, 2.75) is 13.5 Å². The van der Waals surface area contributed by atoms with Gasteiger partial charge in [0.2, 0.25) is 0 Å². The van der Waals surface area contributed by atoms with Gasteiger partial charge in [0, 0.05) is 6.20 Å². The standard InChI is InChI=1S/C10H10ClN3OS/c1-6-5-16-9(8(6)11)10(15)12-4-7-2-3-13-14-7/h2-3,5H,4H2,1H3,(H,12,15)(H,13,14). The van der Waals surface area contributed by atoms with Crippen LogP contribution >= 0.6 is 22.9 Å². The van der Waals surface area contributed by atoms with Crippen molar-refractivity contribution in [1.29, 1.82) is 0 Å². The predicted molar refractivity (Wildman–Crippen MR) is 63.8 cm³/mol. The second kappa shape index (κ2) is 4.67. The Morgan fingerprint density at radius 1 is 1.69 bits per heavy atom. The molecule has 4 nitrogen and oxygen atoms in total. The zero-order chi connectivity index (χ0) is 11.5. The Hall–Kier alpha value is -1.33. The third-order valence-electron chi connectivity index (χ3n) is 2.10. The molecule has 0 saturated heterocycles. The normalized spacial score (nSPS) is 10.4. The van der Waals surface area contributed by atoms with Crippen LogP contribution in [0.4, 0.5) is 0 Å². The molecule has 0 fully saturated rings. The topological polar surface area (TPSA) is 57.8 Å². The highest BCUT2D eigenvalue weighted by Gasteiger charge is 2.14. The zero-order valence-corrected chi connectivity index (χ0v) is 10.2. The van der Waals surface area contributed by atoms with E-state index in [2.05, 4.69) is 15.5 Å². The Labute approximate surface area is 102 Å². The number of nitrogens with one attached hydrogen (secondary N) is 2. The summed E-state index contributed by atoms with van der Waals surface area (Å²) < 4.78 is 0. The molecule has 2 rings (SSSR count). The number of carbonyl (C=O) groups is 1. The highest BCUT2D eigenvalue weighted by Crippen LogP contribution is 2.26. The largest absolute Gasteiger partial charge is 0.346 e. The summed E-state index contributed by atoms with van der Waals surface area (Å²) >= 11 is 7.35. The van der Waals surface area contributed by atoms with Crippen LogP contribution in [-0.2, 0) is 6.54 Å². The van der Waals surface area contributed by atoms with Crippen molar-refractivity contribution in [2.24, 2.45) is 0 Å². The lowest BCUT2D eigenvalue weighted by Crippen LogP contribution is -2.22. The minimum atomic E-state index is -0.155. The Balaban J connectivity index is 2.01. The lowest BCUT2D eigenvalue weighted by atomic mass is 10.3. The first-order chi connectivity index (χ1) is 7.68. The fourth-order valence-electron chi connectivity index (χ4n) is 1.22. The summed E-state index contributed by atoms with van der Waals surface area (Å²) in [4.78, 5) is 12.3. The molecule has 0 spiro atoms. The molecule has 6 heteroatoms. The molecule has 2 N–H and O–H groups in total. The van der Waals surface area contributed by atoms with Crippen LogP contribution in [0.1, 0.15) is 20.9 Å². The second-order valence-electron chi connectivity index (χ2n) is 3.33. The number of aromatic nitrogens is 2. The maximum atomic E-state index is 11.8. The van der Waals surface area contributed by atoms with Crippen LogP contribution in [0.2, 0.25) is 5.02 Å². The van der Waals surface area contributed by atoms with Gasteiger partial charge in [0.1, 0.15) is 4.88 Å². The van der Waals surface area contributed by atoms with E-state index in [4.69, 9.17) is 11.6 Å². The maximum Gasteiger partial charge on any atom is 0.263 e. The molecule has 84 valence electrons. The van der Waals surface area contributed by atoms with Gasteiger partial charge in [0.25, 0.3) is 5.91 Å². The van der Waals surface area contributed by atoms with Crippen LogP contribution in [0, 0.1) is 6.92 Å². The number of halogens is 1. The van der Waals surface area contributed by atoms with E-state index in [-0.39, 0.29) is 5.91 Å². The van der Waals surface area contributed by atoms with Crippen molar-refractivity contribution in [2.75, 3.05) is 0 Å².